The summed E-state index contributed by atoms with van der Waals surface area (Å²) < 4.78 is 62.6. The van der Waals surface area contributed by atoms with E-state index in [1.54, 1.807) is 6.55 Å². The van der Waals surface area contributed by atoms with Gasteiger partial charge in [-0.05, 0) is 65.0 Å². The molecule has 0 unspecified atom stereocenters. The van der Waals surface area contributed by atoms with E-state index in [0.29, 0.717) is 0 Å². The van der Waals surface area contributed by atoms with Crippen LogP contribution in [0.25, 0.3) is 0 Å². The predicted octanol–water partition coefficient (Wildman–Crippen LogP) is 4.45. The number of alkyl halides is 3. The fourth-order valence-electron chi connectivity index (χ4n) is 2.71. The average Bonchev–Trinajstić information content (AvgIpc) is 2.19. The first-order valence-corrected chi connectivity index (χ1v) is 22.0. The maximum absolute atomic E-state index is 12.8. The summed E-state index contributed by atoms with van der Waals surface area (Å²) in [6.07, 6.45) is -5.12. The number of rotatable bonds is 10. The molecule has 0 saturated heterocycles. The van der Waals surface area contributed by atoms with E-state index in [-0.39, 0.29) is 6.04 Å². The Morgan fingerprint density at radius 3 is 1.33 bits per heavy atom. The Morgan fingerprint density at radius 1 is 0.750 bits per heavy atom. The van der Waals surface area contributed by atoms with Crippen LogP contribution in [0.3, 0.4) is 0 Å². The molecule has 0 aromatic heterocycles. The lowest BCUT2D eigenvalue weighted by molar-refractivity contribution is -0.131. The number of hydrogen-bond donors (Lipinski definition) is 0. The predicted molar refractivity (Wildman–Crippen MR) is 104 cm³/mol. The SMILES string of the molecule is C[SiH](C)O[Si](C)(C)O[Si](C)(CCC(F)(F)F)O[Si](C)(C)O[SiH](C)C. The summed E-state index contributed by atoms with van der Waals surface area (Å²) >= 11 is 0. The van der Waals surface area contributed by atoms with E-state index in [1.165, 1.54) is 0 Å². The van der Waals surface area contributed by atoms with Gasteiger partial charge in [-0.1, -0.05) is 0 Å². The monoisotopic (exact) mass is 438 g/mol. The molecule has 146 valence electrons. The van der Waals surface area contributed by atoms with E-state index in [1.807, 2.05) is 52.4 Å². The second-order valence-electron chi connectivity index (χ2n) is 7.59. The Labute approximate surface area is 151 Å². The molecule has 0 aromatic rings. The van der Waals surface area contributed by atoms with Crippen LogP contribution in [0.5, 0.6) is 0 Å². The molecule has 0 atom stereocenters. The van der Waals surface area contributed by atoms with Crippen molar-refractivity contribution in [1.82, 2.24) is 0 Å². The third kappa shape index (κ3) is 12.1. The van der Waals surface area contributed by atoms with Gasteiger partial charge in [-0.2, -0.15) is 13.2 Å². The molecule has 0 spiro atoms. The standard InChI is InChI=1S/C12H33F3O4Si5/c1-20(2)16-22(5,6)18-24(9,11-10-12(13,14)15)19-23(7,8)17-21(3)4/h20-21H,10-11H2,1-9H3. The van der Waals surface area contributed by atoms with Crippen molar-refractivity contribution >= 4 is 43.8 Å². The fourth-order valence-corrected chi connectivity index (χ4v) is 23.5. The minimum absolute atomic E-state index is 0.130. The van der Waals surface area contributed by atoms with E-state index in [2.05, 4.69) is 0 Å². The zero-order chi connectivity index (χ0) is 19.4. The maximum Gasteiger partial charge on any atom is 0.389 e. The third-order valence-corrected chi connectivity index (χ3v) is 19.7. The van der Waals surface area contributed by atoms with E-state index in [4.69, 9.17) is 16.5 Å². The lowest BCUT2D eigenvalue weighted by atomic mass is 10.5. The van der Waals surface area contributed by atoms with Crippen LogP contribution in [0.1, 0.15) is 6.42 Å². The zero-order valence-corrected chi connectivity index (χ0v) is 21.6. The molecule has 24 heavy (non-hydrogen) atoms. The van der Waals surface area contributed by atoms with Crippen LogP contribution in [0.15, 0.2) is 0 Å². The molecule has 4 nitrogen and oxygen atoms in total. The van der Waals surface area contributed by atoms with Crippen LogP contribution < -0.4 is 0 Å². The number of hydrogen-bond acceptors (Lipinski definition) is 4. The molecular weight excluding hydrogens is 406 g/mol. The first-order valence-electron chi connectivity index (χ1n) is 8.28. The average molecular weight is 439 g/mol. The first-order chi connectivity index (χ1) is 10.5. The second-order valence-corrected chi connectivity index (χ2v) is 23.7. The molecule has 0 heterocycles. The van der Waals surface area contributed by atoms with Crippen LogP contribution in [-0.2, 0) is 16.5 Å². The largest absolute Gasteiger partial charge is 0.440 e. The van der Waals surface area contributed by atoms with Crippen molar-refractivity contribution in [1.29, 1.82) is 0 Å². The molecule has 0 aliphatic rings. The summed E-state index contributed by atoms with van der Waals surface area (Å²) in [5, 5.41) is 0. The molecule has 0 radical (unpaired) electrons. The lowest BCUT2D eigenvalue weighted by Gasteiger charge is -2.41. The van der Waals surface area contributed by atoms with Crippen LogP contribution in [0, 0.1) is 0 Å². The van der Waals surface area contributed by atoms with E-state index in [0.717, 1.165) is 0 Å². The molecule has 0 N–H and O–H groups in total. The molecule has 0 amide bonds. The molecule has 0 aliphatic heterocycles. The minimum atomic E-state index is -4.22. The van der Waals surface area contributed by atoms with Gasteiger partial charge in [-0.25, -0.2) is 0 Å². The van der Waals surface area contributed by atoms with Crippen molar-refractivity contribution in [3.05, 3.63) is 0 Å². The summed E-state index contributed by atoms with van der Waals surface area (Å²) in [5.74, 6) is 0. The van der Waals surface area contributed by atoms with Gasteiger partial charge >= 0.3 is 31.9 Å². The topological polar surface area (TPSA) is 36.9 Å². The van der Waals surface area contributed by atoms with Crippen molar-refractivity contribution in [3.8, 4) is 0 Å². The summed E-state index contributed by atoms with van der Waals surface area (Å²) in [4.78, 5) is 0. The van der Waals surface area contributed by atoms with Crippen LogP contribution in [-0.4, -0.2) is 49.9 Å². The molecule has 0 aromatic carbocycles. The van der Waals surface area contributed by atoms with E-state index >= 15 is 0 Å². The maximum atomic E-state index is 12.8. The highest BCUT2D eigenvalue weighted by Gasteiger charge is 2.47. The van der Waals surface area contributed by atoms with Crippen molar-refractivity contribution in [2.24, 2.45) is 0 Å². The van der Waals surface area contributed by atoms with Crippen LogP contribution >= 0.6 is 0 Å². The molecule has 0 fully saturated rings. The van der Waals surface area contributed by atoms with Crippen molar-refractivity contribution < 1.29 is 29.6 Å². The van der Waals surface area contributed by atoms with Gasteiger partial charge in [0.25, 0.3) is 0 Å². The zero-order valence-electron chi connectivity index (χ0n) is 16.3. The molecule has 0 aliphatic carbocycles. The second kappa shape index (κ2) is 9.08. The summed E-state index contributed by atoms with van der Waals surface area (Å²) in [6.45, 7) is 17.4. The summed E-state index contributed by atoms with van der Waals surface area (Å²) in [6, 6.07) is -0.130. The Morgan fingerprint density at radius 2 is 1.08 bits per heavy atom. The van der Waals surface area contributed by atoms with Crippen molar-refractivity contribution in [2.45, 2.75) is 77.6 Å². The van der Waals surface area contributed by atoms with Gasteiger partial charge in [0.05, 0.1) is 0 Å². The lowest BCUT2D eigenvalue weighted by Crippen LogP contribution is -2.57. The summed E-state index contributed by atoms with van der Waals surface area (Å²) in [5.41, 5.74) is 0. The Kier molecular flexibility index (Phi) is 9.35. The van der Waals surface area contributed by atoms with Crippen molar-refractivity contribution in [3.63, 3.8) is 0 Å². The van der Waals surface area contributed by atoms with Gasteiger partial charge in [0, 0.05) is 6.42 Å². The van der Waals surface area contributed by atoms with Gasteiger partial charge in [-0.15, -0.1) is 0 Å². The van der Waals surface area contributed by atoms with Gasteiger partial charge in [-0.3, -0.25) is 0 Å². The van der Waals surface area contributed by atoms with Gasteiger partial charge in [0.15, 0.2) is 18.1 Å². The molecular formula is C12H33F3O4Si5. The highest BCUT2D eigenvalue weighted by atomic mass is 28.5. The molecule has 0 saturated carbocycles. The Balaban J connectivity index is 5.28. The smallest absolute Gasteiger partial charge is 0.389 e. The third-order valence-electron chi connectivity index (χ3n) is 2.83. The summed E-state index contributed by atoms with van der Waals surface area (Å²) in [7, 11) is -10.8. The van der Waals surface area contributed by atoms with Gasteiger partial charge < -0.3 is 16.5 Å². The van der Waals surface area contributed by atoms with Crippen LogP contribution in [0.2, 0.25) is 65.0 Å². The van der Waals surface area contributed by atoms with Crippen LogP contribution in [0.4, 0.5) is 13.2 Å². The quantitative estimate of drug-likeness (QED) is 0.472. The molecule has 0 bridgehead atoms. The molecule has 12 heteroatoms. The van der Waals surface area contributed by atoms with Gasteiger partial charge in [0.1, 0.15) is 0 Å². The minimum Gasteiger partial charge on any atom is -0.440 e. The van der Waals surface area contributed by atoms with Gasteiger partial charge in [0.2, 0.25) is 0 Å². The first kappa shape index (κ1) is 24.7. The fraction of sp³-hybridized carbons (Fsp3) is 1.00. The van der Waals surface area contributed by atoms with E-state index in [9.17, 15) is 13.2 Å². The van der Waals surface area contributed by atoms with Crippen molar-refractivity contribution in [2.75, 3.05) is 0 Å². The normalized spacial score (nSPS) is 14.8. The van der Waals surface area contributed by atoms with E-state index < -0.39 is 56.4 Å². The number of halogens is 3. The highest BCUT2D eigenvalue weighted by molar-refractivity contribution is 6.87. The Hall–Kier alpha value is 0.714. The highest BCUT2D eigenvalue weighted by Crippen LogP contribution is 2.31. The Bertz CT molecular complexity index is 367. The molecule has 0 rings (SSSR count).